The maximum atomic E-state index is 10.6. The van der Waals surface area contributed by atoms with Gasteiger partial charge in [0.15, 0.2) is 0 Å². The Balaban J connectivity index is 2.42. The number of aliphatic carboxylic acids is 1. The Bertz CT molecular complexity index is 468. The molecule has 6 nitrogen and oxygen atoms in total. The predicted octanol–water partition coefficient (Wildman–Crippen LogP) is 1.57. The Morgan fingerprint density at radius 3 is 2.94 bits per heavy atom. The van der Waals surface area contributed by atoms with Crippen LogP contribution >= 0.6 is 0 Å². The highest BCUT2D eigenvalue weighted by atomic mass is 16.4. The van der Waals surface area contributed by atoms with Gasteiger partial charge in [0.05, 0.1) is 5.92 Å². The molecule has 0 radical (unpaired) electrons. The van der Waals surface area contributed by atoms with Gasteiger partial charge >= 0.3 is 5.97 Å². The van der Waals surface area contributed by atoms with Gasteiger partial charge in [0.25, 0.3) is 0 Å². The van der Waals surface area contributed by atoms with E-state index >= 15 is 0 Å². The average molecular weight is 248 g/mol. The van der Waals surface area contributed by atoms with Crippen LogP contribution in [0.15, 0.2) is 6.07 Å². The summed E-state index contributed by atoms with van der Waals surface area (Å²) < 4.78 is 0. The van der Waals surface area contributed by atoms with Crippen molar-refractivity contribution in [1.82, 2.24) is 9.97 Å². The van der Waals surface area contributed by atoms with Crippen molar-refractivity contribution in [2.45, 2.75) is 26.7 Å². The van der Waals surface area contributed by atoms with Crippen LogP contribution in [0.3, 0.4) is 0 Å². The predicted molar refractivity (Wildman–Crippen MR) is 66.0 cm³/mol. The summed E-state index contributed by atoms with van der Waals surface area (Å²) >= 11 is 0. The van der Waals surface area contributed by atoms with Gasteiger partial charge < -0.3 is 10.4 Å². The lowest BCUT2D eigenvalue weighted by Crippen LogP contribution is -2.12. The zero-order valence-electron chi connectivity index (χ0n) is 10.5. The van der Waals surface area contributed by atoms with E-state index in [4.69, 9.17) is 10.4 Å². The van der Waals surface area contributed by atoms with Crippen molar-refractivity contribution in [3.63, 3.8) is 0 Å². The highest BCUT2D eigenvalue weighted by Gasteiger charge is 2.09. The van der Waals surface area contributed by atoms with Crippen LogP contribution in [0.1, 0.15) is 31.2 Å². The highest BCUT2D eigenvalue weighted by molar-refractivity contribution is 5.69. The summed E-state index contributed by atoms with van der Waals surface area (Å²) in [5.41, 5.74) is 1.05. The number of anilines is 1. The molecule has 1 rings (SSSR count). The molecule has 0 aliphatic rings. The molecule has 1 aromatic heterocycles. The largest absolute Gasteiger partial charge is 0.481 e. The second kappa shape index (κ2) is 6.55. The Morgan fingerprint density at radius 1 is 1.61 bits per heavy atom. The molecule has 0 bridgehead atoms. The lowest BCUT2D eigenvalue weighted by Gasteiger charge is -2.07. The standard InChI is InChI=1S/C12H16N4O2/c1-8(11(17)18)4-3-5-14-12-15-9(2)6-10(7-13)16-12/h6,8H,3-5H2,1-2H3,(H,17,18)(H,14,15,16). The van der Waals surface area contributed by atoms with Gasteiger partial charge in [-0.1, -0.05) is 6.92 Å². The second-order valence-corrected chi connectivity index (χ2v) is 4.14. The number of aryl methyl sites for hydroxylation is 1. The molecule has 1 unspecified atom stereocenters. The lowest BCUT2D eigenvalue weighted by atomic mass is 10.1. The van der Waals surface area contributed by atoms with Crippen LogP contribution in [0, 0.1) is 24.2 Å². The fraction of sp³-hybridized carbons (Fsp3) is 0.500. The third-order valence-electron chi connectivity index (χ3n) is 2.49. The number of carbonyl (C=O) groups is 1. The molecule has 0 aromatic carbocycles. The fourth-order valence-corrected chi connectivity index (χ4v) is 1.44. The number of nitrogens with zero attached hydrogens (tertiary/aromatic N) is 3. The van der Waals surface area contributed by atoms with Crippen molar-refractivity contribution in [1.29, 1.82) is 5.26 Å². The van der Waals surface area contributed by atoms with Crippen LogP contribution in [0.5, 0.6) is 0 Å². The first kappa shape index (κ1) is 13.9. The minimum atomic E-state index is -0.784. The maximum Gasteiger partial charge on any atom is 0.306 e. The van der Waals surface area contributed by atoms with Crippen LogP contribution in [0.4, 0.5) is 5.95 Å². The molecule has 2 N–H and O–H groups in total. The first-order valence-corrected chi connectivity index (χ1v) is 5.75. The zero-order valence-corrected chi connectivity index (χ0v) is 10.5. The topological polar surface area (TPSA) is 98.9 Å². The summed E-state index contributed by atoms with van der Waals surface area (Å²) in [5.74, 6) is -0.719. The summed E-state index contributed by atoms with van der Waals surface area (Å²) in [6, 6.07) is 3.57. The Hall–Kier alpha value is -2.16. The molecule has 1 atom stereocenters. The van der Waals surface area contributed by atoms with E-state index < -0.39 is 5.97 Å². The van der Waals surface area contributed by atoms with Gasteiger partial charge in [-0.05, 0) is 25.8 Å². The summed E-state index contributed by atoms with van der Waals surface area (Å²) in [6.45, 7) is 4.06. The average Bonchev–Trinajstić information content (AvgIpc) is 2.33. The van der Waals surface area contributed by atoms with Crippen molar-refractivity contribution in [2.75, 3.05) is 11.9 Å². The number of carboxylic acids is 1. The van der Waals surface area contributed by atoms with Gasteiger partial charge in [-0.3, -0.25) is 4.79 Å². The zero-order chi connectivity index (χ0) is 13.5. The van der Waals surface area contributed by atoms with E-state index in [9.17, 15) is 4.79 Å². The maximum absolute atomic E-state index is 10.6. The molecule has 0 aliphatic heterocycles. The molecule has 0 spiro atoms. The number of nitrogens with one attached hydrogen (secondary N) is 1. The number of aromatic nitrogens is 2. The van der Waals surface area contributed by atoms with E-state index in [-0.39, 0.29) is 5.92 Å². The van der Waals surface area contributed by atoms with E-state index in [1.807, 2.05) is 6.07 Å². The summed E-state index contributed by atoms with van der Waals surface area (Å²) in [5, 5.41) is 20.5. The molecular formula is C12H16N4O2. The molecule has 6 heteroatoms. The quantitative estimate of drug-likeness (QED) is 0.741. The SMILES string of the molecule is Cc1cc(C#N)nc(NCCCC(C)C(=O)O)n1. The summed E-state index contributed by atoms with van der Waals surface area (Å²) in [6.07, 6.45) is 1.31. The van der Waals surface area contributed by atoms with Gasteiger partial charge in [0.2, 0.25) is 5.95 Å². The van der Waals surface area contributed by atoms with E-state index in [1.54, 1.807) is 19.9 Å². The molecule has 96 valence electrons. The van der Waals surface area contributed by atoms with Crippen LogP contribution in [-0.4, -0.2) is 27.6 Å². The molecule has 1 heterocycles. The molecule has 0 saturated carbocycles. The molecule has 0 fully saturated rings. The Labute approximate surface area is 106 Å². The van der Waals surface area contributed by atoms with Crippen LogP contribution < -0.4 is 5.32 Å². The van der Waals surface area contributed by atoms with Crippen molar-refractivity contribution < 1.29 is 9.90 Å². The van der Waals surface area contributed by atoms with E-state index in [1.165, 1.54) is 0 Å². The van der Waals surface area contributed by atoms with Gasteiger partial charge in [-0.25, -0.2) is 9.97 Å². The Morgan fingerprint density at radius 2 is 2.33 bits per heavy atom. The van der Waals surface area contributed by atoms with Crippen molar-refractivity contribution in [3.8, 4) is 6.07 Å². The fourth-order valence-electron chi connectivity index (χ4n) is 1.44. The molecule has 0 amide bonds. The van der Waals surface area contributed by atoms with Crippen molar-refractivity contribution in [3.05, 3.63) is 17.5 Å². The van der Waals surface area contributed by atoms with Gasteiger partial charge in [0, 0.05) is 12.2 Å². The number of hydrogen-bond donors (Lipinski definition) is 2. The van der Waals surface area contributed by atoms with Gasteiger partial charge in [-0.2, -0.15) is 5.26 Å². The monoisotopic (exact) mass is 248 g/mol. The smallest absolute Gasteiger partial charge is 0.306 e. The van der Waals surface area contributed by atoms with Gasteiger partial charge in [0.1, 0.15) is 11.8 Å². The normalized spacial score (nSPS) is 11.6. The minimum Gasteiger partial charge on any atom is -0.481 e. The van der Waals surface area contributed by atoms with Crippen LogP contribution in [-0.2, 0) is 4.79 Å². The van der Waals surface area contributed by atoms with Crippen molar-refractivity contribution >= 4 is 11.9 Å². The summed E-state index contributed by atoms with van der Waals surface area (Å²) in [7, 11) is 0. The van der Waals surface area contributed by atoms with Crippen molar-refractivity contribution in [2.24, 2.45) is 5.92 Å². The van der Waals surface area contributed by atoms with Gasteiger partial charge in [-0.15, -0.1) is 0 Å². The third-order valence-corrected chi connectivity index (χ3v) is 2.49. The third kappa shape index (κ3) is 4.37. The molecule has 0 aliphatic carbocycles. The second-order valence-electron chi connectivity index (χ2n) is 4.14. The molecule has 18 heavy (non-hydrogen) atoms. The van der Waals surface area contributed by atoms with Crippen LogP contribution in [0.2, 0.25) is 0 Å². The highest BCUT2D eigenvalue weighted by Crippen LogP contribution is 2.07. The molecule has 1 aromatic rings. The molecular weight excluding hydrogens is 232 g/mol. The number of nitriles is 1. The van der Waals surface area contributed by atoms with Crippen LogP contribution in [0.25, 0.3) is 0 Å². The number of hydrogen-bond acceptors (Lipinski definition) is 5. The first-order valence-electron chi connectivity index (χ1n) is 5.75. The number of carboxylic acid groups (broad SMARTS) is 1. The van der Waals surface area contributed by atoms with E-state index in [0.717, 1.165) is 5.69 Å². The Kier molecular flexibility index (Phi) is 5.06. The molecule has 0 saturated heterocycles. The van der Waals surface area contributed by atoms with E-state index in [2.05, 4.69) is 15.3 Å². The van der Waals surface area contributed by atoms with E-state index in [0.29, 0.717) is 31.0 Å². The summed E-state index contributed by atoms with van der Waals surface area (Å²) in [4.78, 5) is 18.8. The minimum absolute atomic E-state index is 0.323. The lowest BCUT2D eigenvalue weighted by molar-refractivity contribution is -0.141. The first-order chi connectivity index (χ1) is 8.52. The number of rotatable bonds is 6.